The number of aryl methyl sites for hydroxylation is 1. The van der Waals surface area contributed by atoms with E-state index in [1.165, 1.54) is 7.11 Å². The molecule has 0 amide bonds. The van der Waals surface area contributed by atoms with Crippen molar-refractivity contribution in [1.82, 2.24) is 9.55 Å². The van der Waals surface area contributed by atoms with E-state index in [0.29, 0.717) is 29.4 Å². The molecule has 0 spiro atoms. The summed E-state index contributed by atoms with van der Waals surface area (Å²) >= 11 is 0. The molecule has 0 aliphatic heterocycles. The van der Waals surface area contributed by atoms with Gasteiger partial charge in [-0.1, -0.05) is 13.0 Å². The molecule has 0 unspecified atom stereocenters. The zero-order chi connectivity index (χ0) is 15.4. The Bertz CT molecular complexity index is 710. The Labute approximate surface area is 124 Å². The molecule has 0 radical (unpaired) electrons. The van der Waals surface area contributed by atoms with Crippen LogP contribution in [0.1, 0.15) is 18.3 Å². The highest BCUT2D eigenvalue weighted by Crippen LogP contribution is 2.30. The molecule has 0 bridgehead atoms. The minimum atomic E-state index is 0.464. The summed E-state index contributed by atoms with van der Waals surface area (Å²) in [5.74, 6) is 2.03. The second kappa shape index (κ2) is 6.14. The lowest BCUT2D eigenvalue weighted by atomic mass is 10.1. The molecule has 2 N–H and O–H groups in total. The Kier molecular flexibility index (Phi) is 4.29. The lowest BCUT2D eigenvalue weighted by Crippen LogP contribution is -2.05. The Morgan fingerprint density at radius 1 is 1.52 bits per heavy atom. The number of nitrogens with zero attached hydrogens (tertiary/aromatic N) is 3. The highest BCUT2D eigenvalue weighted by molar-refractivity contribution is 5.73. The molecule has 21 heavy (non-hydrogen) atoms. The van der Waals surface area contributed by atoms with E-state index < -0.39 is 0 Å². The second-order valence-electron chi connectivity index (χ2n) is 4.54. The Hall–Kier alpha value is -2.74. The van der Waals surface area contributed by atoms with Crippen molar-refractivity contribution >= 4 is 5.82 Å². The predicted molar refractivity (Wildman–Crippen MR) is 82.9 cm³/mol. The maximum atomic E-state index is 9.18. The third-order valence-electron chi connectivity index (χ3n) is 3.31. The quantitative estimate of drug-likeness (QED) is 0.855. The average molecular weight is 282 g/mol. The summed E-state index contributed by atoms with van der Waals surface area (Å²) in [6.07, 6.45) is 2.56. The Morgan fingerprint density at radius 3 is 2.86 bits per heavy atom. The van der Waals surface area contributed by atoms with Crippen molar-refractivity contribution in [3.8, 4) is 23.1 Å². The van der Waals surface area contributed by atoms with Gasteiger partial charge < -0.3 is 15.0 Å². The SMILES string of the molecule is C=CCn1c(CC)nc(-c2ccc(OC)c(C#N)c2)c1N. The second-order valence-corrected chi connectivity index (χ2v) is 4.54. The van der Waals surface area contributed by atoms with E-state index in [-0.39, 0.29) is 0 Å². The van der Waals surface area contributed by atoms with Gasteiger partial charge in [-0.05, 0) is 18.2 Å². The number of imidazole rings is 1. The minimum Gasteiger partial charge on any atom is -0.495 e. The zero-order valence-electron chi connectivity index (χ0n) is 12.3. The van der Waals surface area contributed by atoms with Crippen LogP contribution in [-0.4, -0.2) is 16.7 Å². The van der Waals surface area contributed by atoms with Crippen LogP contribution in [0.2, 0.25) is 0 Å². The first-order valence-electron chi connectivity index (χ1n) is 6.70. The number of anilines is 1. The third kappa shape index (κ3) is 2.61. The van der Waals surface area contributed by atoms with Crippen LogP contribution in [-0.2, 0) is 13.0 Å². The first-order chi connectivity index (χ1) is 10.2. The van der Waals surface area contributed by atoms with Crippen molar-refractivity contribution in [2.75, 3.05) is 12.8 Å². The van der Waals surface area contributed by atoms with Crippen LogP contribution in [0, 0.1) is 11.3 Å². The molecule has 0 aliphatic rings. The molecule has 5 heteroatoms. The van der Waals surface area contributed by atoms with Gasteiger partial charge in [0.25, 0.3) is 0 Å². The Morgan fingerprint density at radius 2 is 2.29 bits per heavy atom. The van der Waals surface area contributed by atoms with Gasteiger partial charge in [0.15, 0.2) is 0 Å². The molecule has 0 fully saturated rings. The van der Waals surface area contributed by atoms with Crippen LogP contribution in [0.4, 0.5) is 5.82 Å². The van der Waals surface area contributed by atoms with Crippen LogP contribution in [0.25, 0.3) is 11.3 Å². The fraction of sp³-hybridized carbons (Fsp3) is 0.250. The fourth-order valence-corrected chi connectivity index (χ4v) is 2.27. The number of methoxy groups -OCH3 is 1. The molecular formula is C16H18N4O. The average Bonchev–Trinajstić information content (AvgIpc) is 2.83. The minimum absolute atomic E-state index is 0.464. The molecule has 2 aromatic rings. The number of nitrogen functional groups attached to an aromatic ring is 1. The number of benzene rings is 1. The van der Waals surface area contributed by atoms with Crippen molar-refractivity contribution in [2.45, 2.75) is 19.9 Å². The molecule has 0 saturated carbocycles. The van der Waals surface area contributed by atoms with E-state index >= 15 is 0 Å². The molecule has 108 valence electrons. The van der Waals surface area contributed by atoms with Gasteiger partial charge in [-0.15, -0.1) is 6.58 Å². The third-order valence-corrected chi connectivity index (χ3v) is 3.31. The van der Waals surface area contributed by atoms with Crippen molar-refractivity contribution in [3.63, 3.8) is 0 Å². The topological polar surface area (TPSA) is 76.9 Å². The molecule has 0 saturated heterocycles. The van der Waals surface area contributed by atoms with Gasteiger partial charge in [-0.25, -0.2) is 4.98 Å². The molecule has 0 atom stereocenters. The summed E-state index contributed by atoms with van der Waals surface area (Å²) in [5.41, 5.74) is 8.16. The maximum Gasteiger partial charge on any atom is 0.136 e. The number of rotatable bonds is 5. The van der Waals surface area contributed by atoms with Crippen LogP contribution in [0.15, 0.2) is 30.9 Å². The van der Waals surface area contributed by atoms with E-state index in [9.17, 15) is 5.26 Å². The van der Waals surface area contributed by atoms with Crippen molar-refractivity contribution in [3.05, 3.63) is 42.2 Å². The lowest BCUT2D eigenvalue weighted by molar-refractivity contribution is 0.413. The van der Waals surface area contributed by atoms with Gasteiger partial charge in [-0.2, -0.15) is 5.26 Å². The molecule has 2 rings (SSSR count). The summed E-state index contributed by atoms with van der Waals surface area (Å²) in [7, 11) is 1.54. The van der Waals surface area contributed by atoms with Gasteiger partial charge in [-0.3, -0.25) is 0 Å². The van der Waals surface area contributed by atoms with Gasteiger partial charge >= 0.3 is 0 Å². The van der Waals surface area contributed by atoms with Crippen LogP contribution < -0.4 is 10.5 Å². The van der Waals surface area contributed by atoms with Gasteiger partial charge in [0.05, 0.1) is 12.7 Å². The monoisotopic (exact) mass is 282 g/mol. The zero-order valence-corrected chi connectivity index (χ0v) is 12.3. The van der Waals surface area contributed by atoms with Crippen LogP contribution in [0.3, 0.4) is 0 Å². The van der Waals surface area contributed by atoms with Crippen molar-refractivity contribution in [2.24, 2.45) is 0 Å². The summed E-state index contributed by atoms with van der Waals surface area (Å²) < 4.78 is 7.08. The van der Waals surface area contributed by atoms with E-state index in [1.807, 2.05) is 17.6 Å². The highest BCUT2D eigenvalue weighted by Gasteiger charge is 2.15. The first-order valence-corrected chi connectivity index (χ1v) is 6.70. The first kappa shape index (κ1) is 14.7. The van der Waals surface area contributed by atoms with E-state index in [0.717, 1.165) is 17.8 Å². The Balaban J connectivity index is 2.57. The highest BCUT2D eigenvalue weighted by atomic mass is 16.5. The summed E-state index contributed by atoms with van der Waals surface area (Å²) in [5, 5.41) is 9.18. The number of hydrogen-bond acceptors (Lipinski definition) is 4. The van der Waals surface area contributed by atoms with E-state index in [1.54, 1.807) is 18.2 Å². The van der Waals surface area contributed by atoms with Crippen molar-refractivity contribution < 1.29 is 4.74 Å². The number of allylic oxidation sites excluding steroid dienone is 1. The smallest absolute Gasteiger partial charge is 0.136 e. The number of ether oxygens (including phenoxy) is 1. The van der Waals surface area contributed by atoms with E-state index in [2.05, 4.69) is 17.6 Å². The van der Waals surface area contributed by atoms with Gasteiger partial charge in [0.2, 0.25) is 0 Å². The summed E-state index contributed by atoms with van der Waals surface area (Å²) in [6.45, 7) is 6.38. The molecule has 1 aromatic heterocycles. The van der Waals surface area contributed by atoms with E-state index in [4.69, 9.17) is 10.5 Å². The van der Waals surface area contributed by atoms with Crippen LogP contribution in [0.5, 0.6) is 5.75 Å². The molecule has 0 aliphatic carbocycles. The maximum absolute atomic E-state index is 9.18. The fourth-order valence-electron chi connectivity index (χ4n) is 2.27. The normalized spacial score (nSPS) is 10.1. The summed E-state index contributed by atoms with van der Waals surface area (Å²) in [4.78, 5) is 4.59. The molecule has 5 nitrogen and oxygen atoms in total. The van der Waals surface area contributed by atoms with Crippen LogP contribution >= 0.6 is 0 Å². The molecule has 1 heterocycles. The largest absolute Gasteiger partial charge is 0.495 e. The van der Waals surface area contributed by atoms with Gasteiger partial charge in [0, 0.05) is 18.5 Å². The number of nitriles is 1. The number of hydrogen-bond donors (Lipinski definition) is 1. The van der Waals surface area contributed by atoms with Gasteiger partial charge in [0.1, 0.15) is 29.2 Å². The predicted octanol–water partition coefficient (Wildman–Crippen LogP) is 2.76. The standard InChI is InChI=1S/C16H18N4O/c1-4-8-20-14(5-2)19-15(16(20)18)11-6-7-13(21-3)12(9-11)10-17/h4,6-7,9H,1,5,8,18H2,2-3H3. The lowest BCUT2D eigenvalue weighted by Gasteiger charge is -2.06. The molecule has 1 aromatic carbocycles. The molecular weight excluding hydrogens is 264 g/mol. The number of nitrogens with two attached hydrogens (primary N) is 1. The summed E-state index contributed by atoms with van der Waals surface area (Å²) in [6, 6.07) is 7.48. The number of aromatic nitrogens is 2. The van der Waals surface area contributed by atoms with Crippen molar-refractivity contribution in [1.29, 1.82) is 5.26 Å².